The number of H-pyrrole nitrogens is 1. The predicted octanol–water partition coefficient (Wildman–Crippen LogP) is 2.09. The summed E-state index contributed by atoms with van der Waals surface area (Å²) in [5.74, 6) is 0.251. The summed E-state index contributed by atoms with van der Waals surface area (Å²) in [4.78, 5) is 16.1. The molecule has 1 atom stereocenters. The third kappa shape index (κ3) is 3.39. The summed E-state index contributed by atoms with van der Waals surface area (Å²) < 4.78 is 0. The van der Waals surface area contributed by atoms with Crippen LogP contribution in [0.5, 0.6) is 0 Å². The molecule has 0 fully saturated rings. The average molecular weight is 279 g/mol. The minimum absolute atomic E-state index is 0.159. The van der Waals surface area contributed by atoms with Gasteiger partial charge in [-0.25, -0.2) is 4.98 Å². The predicted molar refractivity (Wildman–Crippen MR) is 75.3 cm³/mol. The minimum atomic E-state index is -0.266. The van der Waals surface area contributed by atoms with Crippen LogP contribution in [-0.2, 0) is 6.42 Å². The maximum absolute atomic E-state index is 12.0. The van der Waals surface area contributed by atoms with Gasteiger partial charge in [-0.3, -0.25) is 9.89 Å². The van der Waals surface area contributed by atoms with Gasteiger partial charge in [0.2, 0.25) is 0 Å². The average Bonchev–Trinajstić information content (AvgIpc) is 2.98. The van der Waals surface area contributed by atoms with Crippen LogP contribution < -0.4 is 11.1 Å². The number of anilines is 1. The third-order valence-electron chi connectivity index (χ3n) is 2.54. The molecule has 0 radical (unpaired) electrons. The Morgan fingerprint density at radius 2 is 2.42 bits per heavy atom. The van der Waals surface area contributed by atoms with E-state index in [0.717, 1.165) is 23.5 Å². The highest BCUT2D eigenvalue weighted by Crippen LogP contribution is 2.17. The smallest absolute Gasteiger partial charge is 0.276 e. The number of carbonyl (C=O) groups excluding carboxylic acids is 1. The molecular weight excluding hydrogens is 262 g/mol. The highest BCUT2D eigenvalue weighted by Gasteiger charge is 2.14. The maximum Gasteiger partial charge on any atom is 0.276 e. The topological polar surface area (TPSA) is 96.7 Å². The number of hydrogen-bond donors (Lipinski definition) is 3. The van der Waals surface area contributed by atoms with Gasteiger partial charge in [0.05, 0.1) is 6.04 Å². The molecule has 0 saturated heterocycles. The molecule has 2 aromatic heterocycles. The molecule has 19 heavy (non-hydrogen) atoms. The van der Waals surface area contributed by atoms with Crippen molar-refractivity contribution in [3.8, 4) is 0 Å². The summed E-state index contributed by atoms with van der Waals surface area (Å²) >= 11 is 1.38. The van der Waals surface area contributed by atoms with E-state index in [1.54, 1.807) is 5.38 Å². The molecule has 1 amide bonds. The van der Waals surface area contributed by atoms with Gasteiger partial charge in [0.1, 0.15) is 10.7 Å². The first kappa shape index (κ1) is 13.7. The fourth-order valence-electron chi connectivity index (χ4n) is 1.60. The standard InChI is InChI=1S/C12H17N5OS/c1-3-4-8-5-10(17-16-8)15-11(18)9-6-19-12(14-9)7(2)13/h5-7H,3-4,13H2,1-2H3,(H2,15,16,17,18). The number of nitrogens with one attached hydrogen (secondary N) is 2. The van der Waals surface area contributed by atoms with Crippen LogP contribution in [0.3, 0.4) is 0 Å². The molecule has 0 aliphatic rings. The summed E-state index contributed by atoms with van der Waals surface area (Å²) in [5.41, 5.74) is 7.09. The van der Waals surface area contributed by atoms with E-state index in [2.05, 4.69) is 27.4 Å². The molecule has 0 aliphatic heterocycles. The zero-order valence-electron chi connectivity index (χ0n) is 10.9. The van der Waals surface area contributed by atoms with Crippen LogP contribution in [0.1, 0.15) is 47.5 Å². The van der Waals surface area contributed by atoms with E-state index in [9.17, 15) is 4.79 Å². The molecule has 2 aromatic rings. The van der Waals surface area contributed by atoms with Gasteiger partial charge in [0.15, 0.2) is 5.82 Å². The number of carbonyl (C=O) groups is 1. The summed E-state index contributed by atoms with van der Waals surface area (Å²) in [6, 6.07) is 1.67. The first-order valence-electron chi connectivity index (χ1n) is 6.16. The zero-order valence-corrected chi connectivity index (χ0v) is 11.8. The largest absolute Gasteiger partial charge is 0.322 e. The molecule has 2 rings (SSSR count). The van der Waals surface area contributed by atoms with Crippen molar-refractivity contribution in [3.05, 3.63) is 27.8 Å². The second-order valence-electron chi connectivity index (χ2n) is 4.34. The summed E-state index contributed by atoms with van der Waals surface area (Å²) in [6.07, 6.45) is 1.94. The van der Waals surface area contributed by atoms with Gasteiger partial charge in [-0.2, -0.15) is 5.10 Å². The summed E-state index contributed by atoms with van der Waals surface area (Å²) in [5, 5.41) is 12.1. The quantitative estimate of drug-likeness (QED) is 0.780. The molecule has 0 saturated carbocycles. The van der Waals surface area contributed by atoms with E-state index >= 15 is 0 Å². The Bertz CT molecular complexity index is 560. The Balaban J connectivity index is 2.02. The van der Waals surface area contributed by atoms with Gasteiger partial charge in [0.25, 0.3) is 5.91 Å². The summed E-state index contributed by atoms with van der Waals surface area (Å²) in [7, 11) is 0. The van der Waals surface area contributed by atoms with Crippen LogP contribution in [0.25, 0.3) is 0 Å². The van der Waals surface area contributed by atoms with Gasteiger partial charge in [-0.05, 0) is 13.3 Å². The van der Waals surface area contributed by atoms with Crippen LogP contribution in [0.15, 0.2) is 11.4 Å². The molecular formula is C12H17N5OS. The van der Waals surface area contributed by atoms with Crippen molar-refractivity contribution in [2.45, 2.75) is 32.7 Å². The second kappa shape index (κ2) is 5.94. The molecule has 7 heteroatoms. The van der Waals surface area contributed by atoms with Crippen molar-refractivity contribution in [1.29, 1.82) is 0 Å². The summed E-state index contributed by atoms with van der Waals surface area (Å²) in [6.45, 7) is 3.93. The molecule has 6 nitrogen and oxygen atoms in total. The first-order valence-corrected chi connectivity index (χ1v) is 7.04. The van der Waals surface area contributed by atoms with Gasteiger partial charge < -0.3 is 11.1 Å². The van der Waals surface area contributed by atoms with Crippen LogP contribution in [0.2, 0.25) is 0 Å². The second-order valence-corrected chi connectivity index (χ2v) is 5.23. The van der Waals surface area contributed by atoms with Gasteiger partial charge in [-0.15, -0.1) is 11.3 Å². The Morgan fingerprint density at radius 3 is 3.05 bits per heavy atom. The number of amides is 1. The van der Waals surface area contributed by atoms with Gasteiger partial charge in [-0.1, -0.05) is 13.3 Å². The Labute approximate surface area is 115 Å². The van der Waals surface area contributed by atoms with Crippen molar-refractivity contribution in [1.82, 2.24) is 15.2 Å². The van der Waals surface area contributed by atoms with Crippen LogP contribution in [-0.4, -0.2) is 21.1 Å². The molecule has 0 spiro atoms. The fourth-order valence-corrected chi connectivity index (χ4v) is 2.36. The van der Waals surface area contributed by atoms with E-state index in [1.807, 2.05) is 13.0 Å². The van der Waals surface area contributed by atoms with E-state index in [1.165, 1.54) is 11.3 Å². The number of nitrogens with two attached hydrogens (primary N) is 1. The lowest BCUT2D eigenvalue weighted by Crippen LogP contribution is -2.13. The van der Waals surface area contributed by atoms with Crippen molar-refractivity contribution in [2.24, 2.45) is 5.73 Å². The van der Waals surface area contributed by atoms with Gasteiger partial charge >= 0.3 is 0 Å². The van der Waals surface area contributed by atoms with E-state index in [-0.39, 0.29) is 11.9 Å². The minimum Gasteiger partial charge on any atom is -0.322 e. The SMILES string of the molecule is CCCc1cc(NC(=O)c2csc(C(C)N)n2)n[nH]1. The maximum atomic E-state index is 12.0. The fraction of sp³-hybridized carbons (Fsp3) is 0.417. The van der Waals surface area contributed by atoms with Crippen LogP contribution >= 0.6 is 11.3 Å². The lowest BCUT2D eigenvalue weighted by Gasteiger charge is -1.98. The number of aromatic nitrogens is 3. The van der Waals surface area contributed by atoms with Crippen LogP contribution in [0.4, 0.5) is 5.82 Å². The lowest BCUT2D eigenvalue weighted by atomic mass is 10.2. The number of rotatable bonds is 5. The van der Waals surface area contributed by atoms with Crippen LogP contribution in [0, 0.1) is 0 Å². The Hall–Kier alpha value is -1.73. The van der Waals surface area contributed by atoms with Crippen molar-refractivity contribution < 1.29 is 4.79 Å². The van der Waals surface area contributed by atoms with Crippen molar-refractivity contribution in [2.75, 3.05) is 5.32 Å². The lowest BCUT2D eigenvalue weighted by molar-refractivity contribution is 0.102. The van der Waals surface area contributed by atoms with E-state index in [4.69, 9.17) is 5.73 Å². The van der Waals surface area contributed by atoms with Crippen molar-refractivity contribution in [3.63, 3.8) is 0 Å². The molecule has 1 unspecified atom stereocenters. The number of aromatic amines is 1. The highest BCUT2D eigenvalue weighted by molar-refractivity contribution is 7.09. The van der Waals surface area contributed by atoms with Gasteiger partial charge in [0, 0.05) is 17.1 Å². The number of aryl methyl sites for hydroxylation is 1. The highest BCUT2D eigenvalue weighted by atomic mass is 32.1. The normalized spacial score (nSPS) is 12.4. The Kier molecular flexibility index (Phi) is 4.28. The molecule has 102 valence electrons. The molecule has 0 bridgehead atoms. The third-order valence-corrected chi connectivity index (χ3v) is 3.58. The molecule has 2 heterocycles. The number of thiazole rings is 1. The van der Waals surface area contributed by atoms with E-state index in [0.29, 0.717) is 11.5 Å². The molecule has 4 N–H and O–H groups in total. The first-order chi connectivity index (χ1) is 9.10. The monoisotopic (exact) mass is 279 g/mol. The molecule has 0 aliphatic carbocycles. The molecule has 0 aromatic carbocycles. The number of hydrogen-bond acceptors (Lipinski definition) is 5. The number of nitrogens with zero attached hydrogens (tertiary/aromatic N) is 2. The Morgan fingerprint density at radius 1 is 1.63 bits per heavy atom. The van der Waals surface area contributed by atoms with Crippen molar-refractivity contribution >= 4 is 23.1 Å². The zero-order chi connectivity index (χ0) is 13.8. The van der Waals surface area contributed by atoms with E-state index < -0.39 is 0 Å².